The van der Waals surface area contributed by atoms with Crippen molar-refractivity contribution in [2.45, 2.75) is 56.8 Å². The minimum Gasteiger partial charge on any atom is -0.490 e. The molecule has 5 fully saturated rings. The Morgan fingerprint density at radius 1 is 1.10 bits per heavy atom. The summed E-state index contributed by atoms with van der Waals surface area (Å²) in [4.78, 5) is 12.3. The molecule has 1 aromatic rings. The molecule has 1 amide bonds. The maximum absolute atomic E-state index is 15.1. The number of amides is 1. The monoisotopic (exact) mass is 457 g/mol. The van der Waals surface area contributed by atoms with Gasteiger partial charge in [-0.05, 0) is 74.0 Å². The van der Waals surface area contributed by atoms with E-state index in [4.69, 9.17) is 4.74 Å². The van der Waals surface area contributed by atoms with E-state index < -0.39 is 39.2 Å². The van der Waals surface area contributed by atoms with Crippen molar-refractivity contribution in [3.05, 3.63) is 29.1 Å². The van der Waals surface area contributed by atoms with E-state index in [-0.39, 0.29) is 29.8 Å². The second-order valence-electron chi connectivity index (χ2n) is 10.3. The van der Waals surface area contributed by atoms with Crippen LogP contribution < -0.4 is 9.46 Å². The molecule has 9 heteroatoms. The summed E-state index contributed by atoms with van der Waals surface area (Å²) in [6.45, 7) is 0.283. The van der Waals surface area contributed by atoms with E-state index in [0.717, 1.165) is 31.6 Å². The Kier molecular flexibility index (Phi) is 4.67. The highest BCUT2D eigenvalue weighted by molar-refractivity contribution is 7.89. The second-order valence-corrected chi connectivity index (χ2v) is 12.1. The second kappa shape index (κ2) is 6.86. The molecule has 6 rings (SSSR count). The zero-order chi connectivity index (χ0) is 22.2. The maximum Gasteiger partial charge on any atom is 0.267 e. The summed E-state index contributed by atoms with van der Waals surface area (Å²) < 4.78 is 72.9. The van der Waals surface area contributed by atoms with Gasteiger partial charge in [0.05, 0.1) is 24.3 Å². The first-order valence-corrected chi connectivity index (χ1v) is 12.7. The first-order valence-electron chi connectivity index (χ1n) is 10.8. The Morgan fingerprint density at radius 3 is 2.13 bits per heavy atom. The SMILES string of the molecule is CS(=O)(=O)NC(=O)c1cc(C2CC2(F)F)cc(OCC23CC4CC(CC(C4)C2)C3)c1F. The average Bonchev–Trinajstić information content (AvgIpc) is 3.26. The molecule has 0 aromatic heterocycles. The van der Waals surface area contributed by atoms with Gasteiger partial charge in [0, 0.05) is 11.8 Å². The molecule has 1 atom stereocenters. The number of carbonyl (C=O) groups is 1. The number of carbonyl (C=O) groups excluding carboxylic acids is 1. The number of ether oxygens (including phenoxy) is 1. The van der Waals surface area contributed by atoms with Crippen LogP contribution in [0.25, 0.3) is 0 Å². The average molecular weight is 458 g/mol. The molecule has 4 bridgehead atoms. The van der Waals surface area contributed by atoms with Crippen LogP contribution in [0.2, 0.25) is 0 Å². The summed E-state index contributed by atoms with van der Waals surface area (Å²) in [5, 5.41) is 0. The summed E-state index contributed by atoms with van der Waals surface area (Å²) >= 11 is 0. The smallest absolute Gasteiger partial charge is 0.267 e. The third-order valence-electron chi connectivity index (χ3n) is 7.51. The number of hydrogen-bond donors (Lipinski definition) is 1. The van der Waals surface area contributed by atoms with Crippen LogP contribution >= 0.6 is 0 Å². The van der Waals surface area contributed by atoms with E-state index in [2.05, 4.69) is 0 Å². The number of nitrogens with one attached hydrogen (secondary N) is 1. The molecule has 0 saturated heterocycles. The van der Waals surface area contributed by atoms with Gasteiger partial charge in [-0.15, -0.1) is 0 Å². The highest BCUT2D eigenvalue weighted by Crippen LogP contribution is 2.60. The van der Waals surface area contributed by atoms with Crippen molar-refractivity contribution in [2.24, 2.45) is 23.2 Å². The fraction of sp³-hybridized carbons (Fsp3) is 0.682. The third kappa shape index (κ3) is 4.05. The number of sulfonamides is 1. The van der Waals surface area contributed by atoms with Crippen molar-refractivity contribution in [3.8, 4) is 5.75 Å². The lowest BCUT2D eigenvalue weighted by atomic mass is 9.50. The van der Waals surface area contributed by atoms with Crippen molar-refractivity contribution >= 4 is 15.9 Å². The van der Waals surface area contributed by atoms with Gasteiger partial charge in [-0.3, -0.25) is 4.79 Å². The predicted molar refractivity (Wildman–Crippen MR) is 107 cm³/mol. The van der Waals surface area contributed by atoms with Gasteiger partial charge in [-0.25, -0.2) is 26.3 Å². The van der Waals surface area contributed by atoms with Crippen LogP contribution in [0.15, 0.2) is 12.1 Å². The molecule has 1 aromatic carbocycles. The Hall–Kier alpha value is -1.77. The normalized spacial score (nSPS) is 35.1. The van der Waals surface area contributed by atoms with Crippen LogP contribution in [0.3, 0.4) is 0 Å². The molecule has 5 aliphatic rings. The summed E-state index contributed by atoms with van der Waals surface area (Å²) in [6.07, 6.45) is 7.21. The van der Waals surface area contributed by atoms with Gasteiger partial charge in [0.2, 0.25) is 10.0 Å². The fourth-order valence-corrected chi connectivity index (χ4v) is 7.03. The van der Waals surface area contributed by atoms with Crippen molar-refractivity contribution in [1.82, 2.24) is 4.72 Å². The largest absolute Gasteiger partial charge is 0.490 e. The number of benzene rings is 1. The van der Waals surface area contributed by atoms with E-state index in [1.54, 1.807) is 4.72 Å². The summed E-state index contributed by atoms with van der Waals surface area (Å²) in [5.41, 5.74) is -0.535. The highest BCUT2D eigenvalue weighted by atomic mass is 32.2. The van der Waals surface area contributed by atoms with E-state index >= 15 is 4.39 Å². The summed E-state index contributed by atoms with van der Waals surface area (Å²) in [7, 11) is -3.94. The van der Waals surface area contributed by atoms with Crippen molar-refractivity contribution in [2.75, 3.05) is 12.9 Å². The molecule has 31 heavy (non-hydrogen) atoms. The standard InChI is InChI=1S/C22H26F3NO4S/c1-31(28,29)26-20(27)16-5-15(17-10-22(17,24)25)6-18(19(16)23)30-11-21-7-12-2-13(8-21)4-14(3-12)9-21/h5-6,12-14,17H,2-4,7-11H2,1H3,(H,26,27). The molecule has 0 heterocycles. The number of hydrogen-bond acceptors (Lipinski definition) is 4. The highest BCUT2D eigenvalue weighted by Gasteiger charge is 2.58. The molecule has 5 saturated carbocycles. The van der Waals surface area contributed by atoms with Gasteiger partial charge in [0.15, 0.2) is 11.6 Å². The molecule has 5 nitrogen and oxygen atoms in total. The lowest BCUT2D eigenvalue weighted by Gasteiger charge is -2.56. The van der Waals surface area contributed by atoms with Crippen molar-refractivity contribution in [3.63, 3.8) is 0 Å². The van der Waals surface area contributed by atoms with Crippen LogP contribution in [0, 0.1) is 29.0 Å². The van der Waals surface area contributed by atoms with Gasteiger partial charge in [0.1, 0.15) is 0 Å². The molecular weight excluding hydrogens is 431 g/mol. The van der Waals surface area contributed by atoms with E-state index in [9.17, 15) is 22.0 Å². The molecule has 1 N–H and O–H groups in total. The first kappa shape index (κ1) is 21.1. The van der Waals surface area contributed by atoms with Crippen molar-refractivity contribution < 1.29 is 31.1 Å². The van der Waals surface area contributed by atoms with Crippen LogP contribution in [-0.4, -0.2) is 33.1 Å². The number of alkyl halides is 2. The molecule has 0 radical (unpaired) electrons. The zero-order valence-corrected chi connectivity index (χ0v) is 18.1. The predicted octanol–water partition coefficient (Wildman–Crippen LogP) is 4.23. The van der Waals surface area contributed by atoms with Gasteiger partial charge in [0.25, 0.3) is 11.8 Å². The quantitative estimate of drug-likeness (QED) is 0.694. The minimum absolute atomic E-state index is 0.0319. The Labute approximate surface area is 179 Å². The van der Waals surface area contributed by atoms with Crippen LogP contribution in [0.1, 0.15) is 66.8 Å². The minimum atomic E-state index is -3.94. The van der Waals surface area contributed by atoms with E-state index in [1.165, 1.54) is 25.3 Å². The lowest BCUT2D eigenvalue weighted by Crippen LogP contribution is -2.48. The molecule has 1 unspecified atom stereocenters. The van der Waals surface area contributed by atoms with E-state index in [0.29, 0.717) is 17.8 Å². The number of rotatable bonds is 6. The number of halogens is 3. The third-order valence-corrected chi connectivity index (χ3v) is 8.07. The van der Waals surface area contributed by atoms with Crippen LogP contribution in [0.5, 0.6) is 5.75 Å². The van der Waals surface area contributed by atoms with Gasteiger partial charge in [-0.2, -0.15) is 0 Å². The Balaban J connectivity index is 1.43. The fourth-order valence-electron chi connectivity index (χ4n) is 6.59. The van der Waals surface area contributed by atoms with Crippen LogP contribution in [0.4, 0.5) is 13.2 Å². The lowest BCUT2D eigenvalue weighted by molar-refractivity contribution is -0.0750. The Morgan fingerprint density at radius 2 is 1.65 bits per heavy atom. The van der Waals surface area contributed by atoms with Gasteiger partial charge >= 0.3 is 0 Å². The molecular formula is C22H26F3NO4S. The molecule has 170 valence electrons. The summed E-state index contributed by atoms with van der Waals surface area (Å²) in [6, 6.07) is 2.26. The van der Waals surface area contributed by atoms with Gasteiger partial charge in [-0.1, -0.05) is 0 Å². The molecule has 5 aliphatic carbocycles. The summed E-state index contributed by atoms with van der Waals surface area (Å²) in [5.74, 6) is -4.48. The zero-order valence-electron chi connectivity index (χ0n) is 17.3. The maximum atomic E-state index is 15.1. The Bertz CT molecular complexity index is 1000. The molecule has 0 aliphatic heterocycles. The van der Waals surface area contributed by atoms with Crippen LogP contribution in [-0.2, 0) is 10.0 Å². The van der Waals surface area contributed by atoms with Crippen molar-refractivity contribution in [1.29, 1.82) is 0 Å². The first-order chi connectivity index (χ1) is 14.4. The topological polar surface area (TPSA) is 72.5 Å². The van der Waals surface area contributed by atoms with Gasteiger partial charge < -0.3 is 4.74 Å². The van der Waals surface area contributed by atoms with E-state index in [1.807, 2.05) is 0 Å². The molecule has 0 spiro atoms.